The third-order valence-electron chi connectivity index (χ3n) is 10.7. The fourth-order valence-electron chi connectivity index (χ4n) is 8.03. The van der Waals surface area contributed by atoms with Crippen LogP contribution in [0, 0.1) is 0 Å². The normalized spacial score (nSPS) is 11.2. The Hall–Kier alpha value is -7.00. The van der Waals surface area contributed by atoms with Crippen molar-refractivity contribution in [2.24, 2.45) is 0 Å². The van der Waals surface area contributed by atoms with Crippen LogP contribution in [0.25, 0.3) is 75.8 Å². The van der Waals surface area contributed by atoms with E-state index in [0.29, 0.717) is 0 Å². The van der Waals surface area contributed by atoms with E-state index in [-0.39, 0.29) is 0 Å². The standard InChI is InChI=1S/C54H37NS/c1-5-16-38(17-6-1)39-28-31-44(32-29-39)55(45-33-34-49-48-24-13-14-27-52(48)56-53(49)37-45)51-35-30-43(36-50(51)41-20-9-3-10-21-41)47-26-15-25-46(40-18-7-2-8-19-40)54(47)42-22-11-4-12-23-42/h1-37H. The molecule has 9 aromatic carbocycles. The molecule has 0 aliphatic carbocycles. The van der Waals surface area contributed by atoms with Gasteiger partial charge in [0.05, 0.1) is 5.69 Å². The van der Waals surface area contributed by atoms with Crippen molar-refractivity contribution in [3.63, 3.8) is 0 Å². The molecule has 1 heterocycles. The van der Waals surface area contributed by atoms with Gasteiger partial charge in [0, 0.05) is 37.1 Å². The number of rotatable bonds is 8. The first-order valence-electron chi connectivity index (χ1n) is 19.1. The fraction of sp³-hybridized carbons (Fsp3) is 0. The Kier molecular flexibility index (Phi) is 8.79. The van der Waals surface area contributed by atoms with Gasteiger partial charge >= 0.3 is 0 Å². The highest BCUT2D eigenvalue weighted by Crippen LogP contribution is 2.47. The van der Waals surface area contributed by atoms with Gasteiger partial charge in [0.1, 0.15) is 0 Å². The fourth-order valence-corrected chi connectivity index (χ4v) is 9.17. The molecular weight excluding hydrogens is 695 g/mol. The van der Waals surface area contributed by atoms with Crippen LogP contribution >= 0.6 is 11.3 Å². The lowest BCUT2D eigenvalue weighted by atomic mass is 9.86. The molecule has 10 rings (SSSR count). The van der Waals surface area contributed by atoms with Crippen LogP contribution in [0.5, 0.6) is 0 Å². The predicted molar refractivity (Wildman–Crippen MR) is 241 cm³/mol. The average Bonchev–Trinajstić information content (AvgIpc) is 3.66. The van der Waals surface area contributed by atoms with Gasteiger partial charge in [-0.1, -0.05) is 182 Å². The number of anilines is 3. The quantitative estimate of drug-likeness (QED) is 0.150. The number of fused-ring (bicyclic) bond motifs is 3. The molecule has 0 aliphatic rings. The smallest absolute Gasteiger partial charge is 0.0540 e. The molecular formula is C54H37NS. The van der Waals surface area contributed by atoms with E-state index in [2.05, 4.69) is 229 Å². The molecule has 0 amide bonds. The van der Waals surface area contributed by atoms with Crippen molar-refractivity contribution in [3.05, 3.63) is 224 Å². The first-order chi connectivity index (χ1) is 27.8. The van der Waals surface area contributed by atoms with Crippen molar-refractivity contribution in [1.82, 2.24) is 0 Å². The van der Waals surface area contributed by atoms with Crippen LogP contribution in [0.4, 0.5) is 17.1 Å². The maximum atomic E-state index is 2.43. The molecule has 1 aromatic heterocycles. The van der Waals surface area contributed by atoms with Crippen molar-refractivity contribution >= 4 is 48.6 Å². The molecule has 264 valence electrons. The summed E-state index contributed by atoms with van der Waals surface area (Å²) in [5.41, 5.74) is 15.3. The Bertz CT molecular complexity index is 2930. The van der Waals surface area contributed by atoms with Gasteiger partial charge < -0.3 is 4.90 Å². The molecule has 0 radical (unpaired) electrons. The molecule has 0 saturated carbocycles. The summed E-state index contributed by atoms with van der Waals surface area (Å²) in [4.78, 5) is 2.43. The molecule has 0 fully saturated rings. The molecule has 0 unspecified atom stereocenters. The third-order valence-corrected chi connectivity index (χ3v) is 11.8. The second-order valence-corrected chi connectivity index (χ2v) is 15.2. The molecule has 1 nitrogen and oxygen atoms in total. The van der Waals surface area contributed by atoms with Gasteiger partial charge in [0.2, 0.25) is 0 Å². The monoisotopic (exact) mass is 731 g/mol. The van der Waals surface area contributed by atoms with Crippen LogP contribution in [-0.2, 0) is 0 Å². The topological polar surface area (TPSA) is 3.24 Å². The van der Waals surface area contributed by atoms with Gasteiger partial charge in [-0.25, -0.2) is 0 Å². The van der Waals surface area contributed by atoms with E-state index in [9.17, 15) is 0 Å². The lowest BCUT2D eigenvalue weighted by Gasteiger charge is -2.29. The SMILES string of the molecule is c1ccc(-c2ccc(N(c3ccc4c(c3)sc3ccccc34)c3ccc(-c4cccc(-c5ccccc5)c4-c4ccccc4)cc3-c3ccccc3)cc2)cc1. The second kappa shape index (κ2) is 14.7. The Morgan fingerprint density at radius 3 is 1.46 bits per heavy atom. The van der Waals surface area contributed by atoms with Crippen LogP contribution in [0.2, 0.25) is 0 Å². The summed E-state index contributed by atoms with van der Waals surface area (Å²) < 4.78 is 2.58. The van der Waals surface area contributed by atoms with Gasteiger partial charge in [-0.2, -0.15) is 0 Å². The largest absolute Gasteiger partial charge is 0.310 e. The minimum Gasteiger partial charge on any atom is -0.310 e. The molecule has 0 spiro atoms. The van der Waals surface area contributed by atoms with Crippen molar-refractivity contribution in [1.29, 1.82) is 0 Å². The van der Waals surface area contributed by atoms with Gasteiger partial charge in [-0.05, 0) is 92.5 Å². The predicted octanol–water partition coefficient (Wildman–Crippen LogP) is 15.9. The number of hydrogen-bond donors (Lipinski definition) is 0. The molecule has 0 N–H and O–H groups in total. The van der Waals surface area contributed by atoms with E-state index in [1.54, 1.807) is 0 Å². The summed E-state index contributed by atoms with van der Waals surface area (Å²) in [5.74, 6) is 0. The first kappa shape index (κ1) is 33.6. The van der Waals surface area contributed by atoms with Gasteiger partial charge in [0.15, 0.2) is 0 Å². The van der Waals surface area contributed by atoms with E-state index in [0.717, 1.165) is 22.6 Å². The first-order valence-corrected chi connectivity index (χ1v) is 19.9. The zero-order chi connectivity index (χ0) is 37.3. The van der Waals surface area contributed by atoms with Crippen LogP contribution in [0.15, 0.2) is 224 Å². The molecule has 0 aliphatic heterocycles. The molecule has 10 aromatic rings. The van der Waals surface area contributed by atoms with Crippen molar-refractivity contribution in [2.75, 3.05) is 4.90 Å². The minimum absolute atomic E-state index is 1.10. The van der Waals surface area contributed by atoms with Crippen LogP contribution in [-0.4, -0.2) is 0 Å². The number of hydrogen-bond acceptors (Lipinski definition) is 2. The third kappa shape index (κ3) is 6.26. The van der Waals surface area contributed by atoms with Crippen molar-refractivity contribution < 1.29 is 0 Å². The Labute approximate surface area is 332 Å². The van der Waals surface area contributed by atoms with E-state index >= 15 is 0 Å². The van der Waals surface area contributed by atoms with Gasteiger partial charge in [0.25, 0.3) is 0 Å². The van der Waals surface area contributed by atoms with Crippen LogP contribution in [0.3, 0.4) is 0 Å². The summed E-state index contributed by atoms with van der Waals surface area (Å²) in [7, 11) is 0. The lowest BCUT2D eigenvalue weighted by molar-refractivity contribution is 1.29. The molecule has 0 saturated heterocycles. The molecule has 2 heteroatoms. The van der Waals surface area contributed by atoms with E-state index in [1.165, 1.54) is 70.2 Å². The molecule has 0 bridgehead atoms. The van der Waals surface area contributed by atoms with Crippen LogP contribution < -0.4 is 4.90 Å². The van der Waals surface area contributed by atoms with Crippen LogP contribution in [0.1, 0.15) is 0 Å². The van der Waals surface area contributed by atoms with E-state index in [4.69, 9.17) is 0 Å². The Morgan fingerprint density at radius 1 is 0.286 bits per heavy atom. The summed E-state index contributed by atoms with van der Waals surface area (Å²) in [5, 5.41) is 2.60. The summed E-state index contributed by atoms with van der Waals surface area (Å²) >= 11 is 1.86. The molecule has 56 heavy (non-hydrogen) atoms. The summed E-state index contributed by atoms with van der Waals surface area (Å²) in [6.45, 7) is 0. The maximum Gasteiger partial charge on any atom is 0.0540 e. The Balaban J connectivity index is 1.20. The lowest BCUT2D eigenvalue weighted by Crippen LogP contribution is -2.11. The minimum atomic E-state index is 1.10. The molecule has 0 atom stereocenters. The zero-order valence-electron chi connectivity index (χ0n) is 30.7. The maximum absolute atomic E-state index is 2.43. The summed E-state index contributed by atoms with van der Waals surface area (Å²) in [6.07, 6.45) is 0. The zero-order valence-corrected chi connectivity index (χ0v) is 31.5. The summed E-state index contributed by atoms with van der Waals surface area (Å²) in [6, 6.07) is 81.4. The van der Waals surface area contributed by atoms with Gasteiger partial charge in [-0.3, -0.25) is 0 Å². The van der Waals surface area contributed by atoms with Gasteiger partial charge in [-0.15, -0.1) is 11.3 Å². The highest BCUT2D eigenvalue weighted by molar-refractivity contribution is 7.25. The number of thiophene rings is 1. The number of benzene rings is 9. The van der Waals surface area contributed by atoms with E-state index < -0.39 is 0 Å². The Morgan fingerprint density at radius 2 is 0.786 bits per heavy atom. The second-order valence-electron chi connectivity index (χ2n) is 14.1. The van der Waals surface area contributed by atoms with Crippen molar-refractivity contribution in [3.8, 4) is 55.6 Å². The number of nitrogens with zero attached hydrogens (tertiary/aromatic N) is 1. The average molecular weight is 732 g/mol. The van der Waals surface area contributed by atoms with Crippen molar-refractivity contribution in [2.45, 2.75) is 0 Å². The van der Waals surface area contributed by atoms with E-state index in [1.807, 2.05) is 11.3 Å². The highest BCUT2D eigenvalue weighted by atomic mass is 32.1. The highest BCUT2D eigenvalue weighted by Gasteiger charge is 2.21.